The Morgan fingerprint density at radius 1 is 1.16 bits per heavy atom. The Kier molecular flexibility index (Phi) is 7.92. The van der Waals surface area contributed by atoms with Crippen LogP contribution in [0.1, 0.15) is 38.8 Å². The Bertz CT molecular complexity index is 1260. The molecule has 200 valence electrons. The third-order valence-corrected chi connectivity index (χ3v) is 6.84. The predicted octanol–water partition coefficient (Wildman–Crippen LogP) is 4.12. The van der Waals surface area contributed by atoms with E-state index in [1.54, 1.807) is 47.5 Å². The molecule has 38 heavy (non-hydrogen) atoms. The summed E-state index contributed by atoms with van der Waals surface area (Å²) < 4.78 is 21.9. The van der Waals surface area contributed by atoms with Gasteiger partial charge in [0.05, 0.1) is 30.7 Å². The van der Waals surface area contributed by atoms with Crippen LogP contribution in [0.2, 0.25) is 0 Å². The van der Waals surface area contributed by atoms with Crippen molar-refractivity contribution in [2.45, 2.75) is 51.9 Å². The topological polar surface area (TPSA) is 98.0 Å². The minimum atomic E-state index is -0.517. The summed E-state index contributed by atoms with van der Waals surface area (Å²) in [7, 11) is 0. The Morgan fingerprint density at radius 3 is 2.61 bits per heavy atom. The van der Waals surface area contributed by atoms with Crippen LogP contribution in [0, 0.1) is 5.82 Å². The van der Waals surface area contributed by atoms with E-state index in [9.17, 15) is 9.18 Å². The van der Waals surface area contributed by atoms with Crippen LogP contribution >= 0.6 is 0 Å². The summed E-state index contributed by atoms with van der Waals surface area (Å²) in [6, 6.07) is 8.26. The number of amides is 1. The highest BCUT2D eigenvalue weighted by Gasteiger charge is 2.33. The van der Waals surface area contributed by atoms with Gasteiger partial charge in [-0.2, -0.15) is 0 Å². The Morgan fingerprint density at radius 2 is 2.00 bits per heavy atom. The fourth-order valence-electron chi connectivity index (χ4n) is 4.75. The Labute approximate surface area is 221 Å². The smallest absolute Gasteiger partial charge is 0.414 e. The molecule has 2 aromatic heterocycles. The molecular weight excluding hydrogens is 489 g/mol. The van der Waals surface area contributed by atoms with Gasteiger partial charge in [0.2, 0.25) is 0 Å². The SMILES string of the molecule is CC1CC(c2ccc(-c3ccc(N4CC(Cn5ccnn5)OC4=O)cc3F)cn2)=NO1.CCN1CCCC1. The number of halogens is 1. The molecule has 0 saturated carbocycles. The summed E-state index contributed by atoms with van der Waals surface area (Å²) in [4.78, 5) is 25.8. The summed E-state index contributed by atoms with van der Waals surface area (Å²) in [6.45, 7) is 8.79. The maximum Gasteiger partial charge on any atom is 0.414 e. The zero-order valence-corrected chi connectivity index (χ0v) is 21.7. The number of cyclic esters (lactones) is 1. The number of rotatable bonds is 6. The monoisotopic (exact) mass is 521 g/mol. The third-order valence-electron chi connectivity index (χ3n) is 6.84. The molecule has 3 aromatic rings. The number of aromatic nitrogens is 4. The molecule has 0 spiro atoms. The van der Waals surface area contributed by atoms with Crippen molar-refractivity contribution in [3.8, 4) is 11.1 Å². The van der Waals surface area contributed by atoms with Gasteiger partial charge in [-0.3, -0.25) is 9.88 Å². The van der Waals surface area contributed by atoms with Crippen LogP contribution in [0.4, 0.5) is 14.9 Å². The zero-order valence-electron chi connectivity index (χ0n) is 21.7. The molecule has 2 fully saturated rings. The van der Waals surface area contributed by atoms with Crippen molar-refractivity contribution in [2.75, 3.05) is 31.1 Å². The lowest BCUT2D eigenvalue weighted by atomic mass is 10.0. The maximum absolute atomic E-state index is 14.9. The molecule has 0 bridgehead atoms. The summed E-state index contributed by atoms with van der Waals surface area (Å²) >= 11 is 0. The Balaban J connectivity index is 0.000000366. The van der Waals surface area contributed by atoms with Crippen LogP contribution in [0.3, 0.4) is 0 Å². The molecule has 11 heteroatoms. The van der Waals surface area contributed by atoms with Gasteiger partial charge in [-0.25, -0.2) is 13.9 Å². The van der Waals surface area contributed by atoms with E-state index in [1.165, 1.54) is 43.4 Å². The molecule has 3 aliphatic rings. The van der Waals surface area contributed by atoms with Crippen molar-refractivity contribution in [3.05, 3.63) is 60.4 Å². The van der Waals surface area contributed by atoms with Gasteiger partial charge < -0.3 is 14.5 Å². The molecule has 0 radical (unpaired) electrons. The number of hydrogen-bond donors (Lipinski definition) is 0. The molecule has 2 saturated heterocycles. The quantitative estimate of drug-likeness (QED) is 0.481. The van der Waals surface area contributed by atoms with Crippen LogP contribution in [-0.2, 0) is 16.1 Å². The fourth-order valence-corrected chi connectivity index (χ4v) is 4.75. The fraction of sp³-hybridized carbons (Fsp3) is 0.444. The van der Waals surface area contributed by atoms with Crippen molar-refractivity contribution in [1.82, 2.24) is 24.9 Å². The molecule has 0 N–H and O–H groups in total. The van der Waals surface area contributed by atoms with E-state index in [2.05, 4.69) is 32.3 Å². The van der Waals surface area contributed by atoms with Crippen molar-refractivity contribution >= 4 is 17.5 Å². The average Bonchev–Trinajstić information content (AvgIpc) is 3.74. The van der Waals surface area contributed by atoms with Crippen LogP contribution in [0.25, 0.3) is 11.1 Å². The average molecular weight is 522 g/mol. The molecule has 0 aliphatic carbocycles. The number of likely N-dealkylation sites (tertiary alicyclic amines) is 1. The van der Waals surface area contributed by atoms with Gasteiger partial charge in [-0.15, -0.1) is 5.10 Å². The minimum Gasteiger partial charge on any atom is -0.442 e. The number of benzene rings is 1. The largest absolute Gasteiger partial charge is 0.442 e. The van der Waals surface area contributed by atoms with Crippen molar-refractivity contribution in [1.29, 1.82) is 0 Å². The van der Waals surface area contributed by atoms with E-state index in [0.717, 1.165) is 5.71 Å². The second-order valence-corrected chi connectivity index (χ2v) is 9.64. The number of carbonyl (C=O) groups is 1. The molecule has 2 unspecified atom stereocenters. The second kappa shape index (κ2) is 11.7. The van der Waals surface area contributed by atoms with E-state index in [1.807, 2.05) is 6.92 Å². The first-order valence-electron chi connectivity index (χ1n) is 13.0. The van der Waals surface area contributed by atoms with E-state index >= 15 is 0 Å². The van der Waals surface area contributed by atoms with Gasteiger partial charge in [0.25, 0.3) is 0 Å². The highest BCUT2D eigenvalue weighted by atomic mass is 19.1. The van der Waals surface area contributed by atoms with Crippen LogP contribution in [0.15, 0.2) is 54.1 Å². The van der Waals surface area contributed by atoms with Crippen molar-refractivity contribution in [3.63, 3.8) is 0 Å². The molecule has 10 nitrogen and oxygen atoms in total. The number of oxime groups is 1. The molecule has 1 amide bonds. The van der Waals surface area contributed by atoms with Crippen LogP contribution < -0.4 is 4.90 Å². The van der Waals surface area contributed by atoms with Crippen LogP contribution in [-0.4, -0.2) is 75.1 Å². The van der Waals surface area contributed by atoms with E-state index < -0.39 is 11.9 Å². The van der Waals surface area contributed by atoms with E-state index in [-0.39, 0.29) is 12.2 Å². The number of hydrogen-bond acceptors (Lipinski definition) is 8. The van der Waals surface area contributed by atoms with E-state index in [4.69, 9.17) is 9.57 Å². The summed E-state index contributed by atoms with van der Waals surface area (Å²) in [5.74, 6) is -0.449. The summed E-state index contributed by atoms with van der Waals surface area (Å²) in [6.07, 6.45) is 7.53. The molecular formula is C27H32FN7O3. The zero-order chi connectivity index (χ0) is 26.5. The standard InChI is InChI=1S/C21H19FN6O3.C6H13N/c1-13-8-20(25-31-13)19-5-2-14(10-23-19)17-4-3-15(9-18(17)22)28-12-16(30-21(28)29)11-27-7-6-24-26-27;1-2-7-5-3-4-6-7/h2-7,9-10,13,16H,8,11-12H2,1H3;2-6H2,1H3. The van der Waals surface area contributed by atoms with Gasteiger partial charge in [0.15, 0.2) is 0 Å². The van der Waals surface area contributed by atoms with Gasteiger partial charge in [-0.1, -0.05) is 23.4 Å². The predicted molar refractivity (Wildman–Crippen MR) is 140 cm³/mol. The number of ether oxygens (including phenoxy) is 1. The molecule has 5 heterocycles. The molecule has 1 aromatic carbocycles. The lowest BCUT2D eigenvalue weighted by Crippen LogP contribution is -2.26. The number of carbonyl (C=O) groups excluding carboxylic acids is 1. The number of anilines is 1. The first kappa shape index (κ1) is 25.8. The Hall–Kier alpha value is -3.86. The lowest BCUT2D eigenvalue weighted by molar-refractivity contribution is 0.0995. The van der Waals surface area contributed by atoms with Crippen molar-refractivity contribution in [2.24, 2.45) is 5.16 Å². The molecule has 2 atom stereocenters. The normalized spacial score (nSPS) is 21.1. The van der Waals surface area contributed by atoms with Gasteiger partial charge in [0.1, 0.15) is 23.7 Å². The van der Waals surface area contributed by atoms with Crippen molar-refractivity contribution < 1.29 is 18.8 Å². The molecule has 3 aliphatic heterocycles. The first-order valence-corrected chi connectivity index (χ1v) is 13.0. The number of pyridine rings is 1. The summed E-state index contributed by atoms with van der Waals surface area (Å²) in [5.41, 5.74) is 2.95. The number of nitrogens with zero attached hydrogens (tertiary/aromatic N) is 7. The third kappa shape index (κ3) is 5.99. The lowest BCUT2D eigenvalue weighted by Gasteiger charge is -2.14. The minimum absolute atomic E-state index is 0.0366. The summed E-state index contributed by atoms with van der Waals surface area (Å²) in [5, 5.41) is 11.6. The van der Waals surface area contributed by atoms with Crippen LogP contribution in [0.5, 0.6) is 0 Å². The van der Waals surface area contributed by atoms with Gasteiger partial charge in [0, 0.05) is 29.9 Å². The van der Waals surface area contributed by atoms with Gasteiger partial charge >= 0.3 is 6.09 Å². The second-order valence-electron chi connectivity index (χ2n) is 9.64. The first-order chi connectivity index (χ1) is 18.5. The van der Waals surface area contributed by atoms with E-state index in [0.29, 0.717) is 42.0 Å². The highest BCUT2D eigenvalue weighted by Crippen LogP contribution is 2.29. The maximum atomic E-state index is 14.9. The molecule has 6 rings (SSSR count). The highest BCUT2D eigenvalue weighted by molar-refractivity contribution is 5.99. The van der Waals surface area contributed by atoms with Gasteiger partial charge in [-0.05, 0) is 63.7 Å².